The van der Waals surface area contributed by atoms with E-state index in [1.807, 2.05) is 12.3 Å². The average Bonchev–Trinajstić information content (AvgIpc) is 3.29. The number of aliphatic carboxylic acids is 1. The van der Waals surface area contributed by atoms with Crippen LogP contribution in [0.5, 0.6) is 5.75 Å². The molecule has 2 aliphatic heterocycles. The molecular formula is C24H27F3N4O3. The second-order valence-corrected chi connectivity index (χ2v) is 9.11. The summed E-state index contributed by atoms with van der Waals surface area (Å²) >= 11 is 0. The number of nitrogens with zero attached hydrogens (tertiary/aromatic N) is 4. The van der Waals surface area contributed by atoms with E-state index in [0.29, 0.717) is 0 Å². The van der Waals surface area contributed by atoms with E-state index in [4.69, 9.17) is 14.6 Å². The van der Waals surface area contributed by atoms with Crippen molar-refractivity contribution in [1.29, 1.82) is 0 Å². The van der Waals surface area contributed by atoms with Gasteiger partial charge in [-0.1, -0.05) is 6.07 Å². The fraction of sp³-hybridized carbons (Fsp3) is 0.417. The Hall–Kier alpha value is -3.43. The lowest BCUT2D eigenvalue weighted by Crippen LogP contribution is -2.24. The topological polar surface area (TPSA) is 87.9 Å². The maximum absolute atomic E-state index is 10.6. The number of hydrogen-bond donors (Lipinski definition) is 1. The summed E-state index contributed by atoms with van der Waals surface area (Å²) in [6.07, 6.45) is -1.41. The molecule has 0 saturated carbocycles. The second kappa shape index (κ2) is 9.44. The Morgan fingerprint density at radius 1 is 1.12 bits per heavy atom. The SMILES string of the molecule is Cc1cc(OC(C)(C)C)ccc1-c1c(C)ncnc1N1CC2=C(CN=C2)C1.O=C(O)C(F)(F)F. The Bertz CT molecular complexity index is 1150. The molecule has 0 atom stereocenters. The summed E-state index contributed by atoms with van der Waals surface area (Å²) in [5.74, 6) is -0.872. The highest BCUT2D eigenvalue weighted by Gasteiger charge is 2.38. The molecule has 4 rings (SSSR count). The number of aromatic nitrogens is 2. The number of carboxylic acid groups (broad SMARTS) is 1. The number of aliphatic imine (C=N–C) groups is 1. The van der Waals surface area contributed by atoms with E-state index in [-0.39, 0.29) is 5.60 Å². The van der Waals surface area contributed by atoms with Crippen LogP contribution in [0.1, 0.15) is 32.0 Å². The van der Waals surface area contributed by atoms with Gasteiger partial charge in [0.15, 0.2) is 0 Å². The Balaban J connectivity index is 0.000000406. The van der Waals surface area contributed by atoms with Crippen molar-refractivity contribution in [3.63, 3.8) is 0 Å². The maximum Gasteiger partial charge on any atom is 0.490 e. The van der Waals surface area contributed by atoms with E-state index in [9.17, 15) is 13.2 Å². The monoisotopic (exact) mass is 476 g/mol. The zero-order valence-electron chi connectivity index (χ0n) is 19.7. The fourth-order valence-corrected chi connectivity index (χ4v) is 3.75. The van der Waals surface area contributed by atoms with Gasteiger partial charge in [-0.25, -0.2) is 14.8 Å². The van der Waals surface area contributed by atoms with Gasteiger partial charge in [-0.05, 0) is 69.0 Å². The summed E-state index contributed by atoms with van der Waals surface area (Å²) in [5, 5.41) is 7.12. The van der Waals surface area contributed by atoms with Crippen molar-refractivity contribution < 1.29 is 27.8 Å². The number of benzene rings is 1. The van der Waals surface area contributed by atoms with Gasteiger partial charge < -0.3 is 14.7 Å². The van der Waals surface area contributed by atoms with E-state index in [1.54, 1.807) is 6.33 Å². The molecule has 1 aromatic heterocycles. The lowest BCUT2D eigenvalue weighted by molar-refractivity contribution is -0.192. The molecule has 0 spiro atoms. The lowest BCUT2D eigenvalue weighted by Gasteiger charge is -2.24. The first-order chi connectivity index (χ1) is 15.8. The minimum Gasteiger partial charge on any atom is -0.488 e. The fourth-order valence-electron chi connectivity index (χ4n) is 3.75. The molecule has 2 aliphatic rings. The predicted octanol–water partition coefficient (Wildman–Crippen LogP) is 4.77. The number of carboxylic acids is 1. The molecule has 1 aromatic carbocycles. The van der Waals surface area contributed by atoms with Gasteiger partial charge in [-0.2, -0.15) is 13.2 Å². The summed E-state index contributed by atoms with van der Waals surface area (Å²) in [5.41, 5.74) is 6.95. The van der Waals surface area contributed by atoms with E-state index < -0.39 is 12.1 Å². The van der Waals surface area contributed by atoms with Crippen LogP contribution in [0.2, 0.25) is 0 Å². The molecule has 0 saturated heterocycles. The largest absolute Gasteiger partial charge is 0.490 e. The van der Waals surface area contributed by atoms with E-state index in [1.165, 1.54) is 11.1 Å². The van der Waals surface area contributed by atoms with Crippen LogP contribution in [-0.2, 0) is 4.79 Å². The molecular weight excluding hydrogens is 449 g/mol. The number of halogens is 3. The van der Waals surface area contributed by atoms with Crippen LogP contribution in [-0.4, -0.2) is 58.7 Å². The third kappa shape index (κ3) is 5.92. The van der Waals surface area contributed by atoms with Crippen LogP contribution < -0.4 is 9.64 Å². The molecule has 0 unspecified atom stereocenters. The highest BCUT2D eigenvalue weighted by molar-refractivity contribution is 5.88. The van der Waals surface area contributed by atoms with Crippen LogP contribution in [0.4, 0.5) is 19.0 Å². The highest BCUT2D eigenvalue weighted by atomic mass is 19.4. The minimum atomic E-state index is -5.08. The van der Waals surface area contributed by atoms with Crippen LogP contribution in [0.25, 0.3) is 11.1 Å². The van der Waals surface area contributed by atoms with Gasteiger partial charge in [-0.15, -0.1) is 0 Å². The number of anilines is 1. The maximum atomic E-state index is 10.6. The minimum absolute atomic E-state index is 0.214. The zero-order chi connectivity index (χ0) is 25.3. The summed E-state index contributed by atoms with van der Waals surface area (Å²) in [7, 11) is 0. The van der Waals surface area contributed by atoms with Crippen LogP contribution in [0, 0.1) is 13.8 Å². The number of aryl methyl sites for hydroxylation is 2. The quantitative estimate of drug-likeness (QED) is 0.687. The standard InChI is InChI=1S/C22H26N4O.C2HF3O2/c1-14-8-18(27-22(3,4)5)6-7-19(14)20-15(2)24-13-25-21(20)26-11-16-9-23-10-17(16)12-26;3-2(4,5)1(6)7/h6-9,13H,10-12H2,1-5H3;(H,6,7). The van der Waals surface area contributed by atoms with Crippen molar-refractivity contribution in [3.05, 3.63) is 46.9 Å². The molecule has 34 heavy (non-hydrogen) atoms. The van der Waals surface area contributed by atoms with Gasteiger partial charge in [0.25, 0.3) is 0 Å². The first kappa shape index (κ1) is 25.2. The first-order valence-corrected chi connectivity index (χ1v) is 10.6. The van der Waals surface area contributed by atoms with E-state index in [2.05, 4.69) is 66.6 Å². The summed E-state index contributed by atoms with van der Waals surface area (Å²) in [4.78, 5) is 24.7. The second-order valence-electron chi connectivity index (χ2n) is 9.11. The van der Waals surface area contributed by atoms with Gasteiger partial charge in [0.2, 0.25) is 0 Å². The zero-order valence-corrected chi connectivity index (χ0v) is 19.7. The molecule has 0 fully saturated rings. The third-order valence-electron chi connectivity index (χ3n) is 5.18. The Kier molecular flexibility index (Phi) is 6.99. The third-order valence-corrected chi connectivity index (χ3v) is 5.18. The first-order valence-electron chi connectivity index (χ1n) is 10.6. The van der Waals surface area contributed by atoms with Crippen LogP contribution >= 0.6 is 0 Å². The van der Waals surface area contributed by atoms with E-state index >= 15 is 0 Å². The predicted molar refractivity (Wildman–Crippen MR) is 124 cm³/mol. The van der Waals surface area contributed by atoms with Gasteiger partial charge in [-0.3, -0.25) is 4.99 Å². The van der Waals surface area contributed by atoms with Crippen molar-refractivity contribution in [1.82, 2.24) is 9.97 Å². The van der Waals surface area contributed by atoms with Gasteiger partial charge in [0.05, 0.1) is 12.2 Å². The molecule has 7 nitrogen and oxygen atoms in total. The lowest BCUT2D eigenvalue weighted by atomic mass is 9.99. The van der Waals surface area contributed by atoms with Crippen molar-refractivity contribution in [3.8, 4) is 16.9 Å². The molecule has 0 aliphatic carbocycles. The number of rotatable bonds is 3. The molecule has 3 heterocycles. The number of ether oxygens (including phenoxy) is 1. The van der Waals surface area contributed by atoms with E-state index in [0.717, 1.165) is 53.6 Å². The van der Waals surface area contributed by atoms with Crippen molar-refractivity contribution in [2.75, 3.05) is 24.5 Å². The van der Waals surface area contributed by atoms with Gasteiger partial charge in [0.1, 0.15) is 23.5 Å². The Morgan fingerprint density at radius 2 is 1.79 bits per heavy atom. The normalized spacial score (nSPS) is 15.2. The smallest absolute Gasteiger partial charge is 0.488 e. The molecule has 10 heteroatoms. The Labute approximate surface area is 196 Å². The van der Waals surface area contributed by atoms with Gasteiger partial charge >= 0.3 is 12.1 Å². The number of carbonyl (C=O) groups is 1. The number of hydrogen-bond acceptors (Lipinski definition) is 6. The molecule has 1 N–H and O–H groups in total. The summed E-state index contributed by atoms with van der Waals surface area (Å²) in [6, 6.07) is 6.27. The average molecular weight is 476 g/mol. The van der Waals surface area contributed by atoms with Crippen molar-refractivity contribution >= 4 is 18.0 Å². The van der Waals surface area contributed by atoms with Crippen molar-refractivity contribution in [2.45, 2.75) is 46.4 Å². The molecule has 0 amide bonds. The Morgan fingerprint density at radius 3 is 2.35 bits per heavy atom. The number of alkyl halides is 3. The molecule has 0 bridgehead atoms. The molecule has 0 radical (unpaired) electrons. The molecule has 182 valence electrons. The van der Waals surface area contributed by atoms with Crippen LogP contribution in [0.15, 0.2) is 40.7 Å². The summed E-state index contributed by atoms with van der Waals surface area (Å²) in [6.45, 7) is 12.9. The molecule has 2 aromatic rings. The highest BCUT2D eigenvalue weighted by Crippen LogP contribution is 2.37. The van der Waals surface area contributed by atoms with Crippen LogP contribution in [0.3, 0.4) is 0 Å². The van der Waals surface area contributed by atoms with Gasteiger partial charge in [0, 0.05) is 24.9 Å². The summed E-state index contributed by atoms with van der Waals surface area (Å²) < 4.78 is 37.8. The van der Waals surface area contributed by atoms with Crippen molar-refractivity contribution in [2.24, 2.45) is 4.99 Å².